The molecule has 8 heteroatoms. The number of aromatic nitrogens is 1. The van der Waals surface area contributed by atoms with Crippen molar-refractivity contribution < 1.29 is 17.9 Å². The van der Waals surface area contributed by atoms with Gasteiger partial charge in [-0.15, -0.1) is 4.40 Å². The molecule has 142 valence electrons. The van der Waals surface area contributed by atoms with Gasteiger partial charge in [0.05, 0.1) is 21.7 Å². The van der Waals surface area contributed by atoms with Gasteiger partial charge in [-0.3, -0.25) is 4.79 Å². The van der Waals surface area contributed by atoms with E-state index in [1.165, 1.54) is 23.5 Å². The predicted molar refractivity (Wildman–Crippen MR) is 105 cm³/mol. The van der Waals surface area contributed by atoms with Crippen molar-refractivity contribution in [1.29, 1.82) is 0 Å². The number of thiazole rings is 1. The highest BCUT2D eigenvalue weighted by atomic mass is 32.2. The van der Waals surface area contributed by atoms with E-state index >= 15 is 0 Å². The van der Waals surface area contributed by atoms with Crippen LogP contribution in [-0.2, 0) is 26.1 Å². The Labute approximate surface area is 161 Å². The number of aryl methyl sites for hydroxylation is 2. The zero-order valence-corrected chi connectivity index (χ0v) is 16.9. The molecule has 27 heavy (non-hydrogen) atoms. The van der Waals surface area contributed by atoms with Crippen molar-refractivity contribution in [3.63, 3.8) is 0 Å². The monoisotopic (exact) mass is 404 g/mol. The minimum absolute atomic E-state index is 0.0973. The van der Waals surface area contributed by atoms with Gasteiger partial charge in [0.2, 0.25) is 4.80 Å². The number of benzene rings is 2. The molecule has 0 bridgehead atoms. The summed E-state index contributed by atoms with van der Waals surface area (Å²) in [6.45, 7) is 5.80. The Morgan fingerprint density at radius 3 is 2.56 bits per heavy atom. The molecule has 0 radical (unpaired) electrons. The number of nitrogens with zero attached hydrogens (tertiary/aromatic N) is 2. The van der Waals surface area contributed by atoms with Crippen molar-refractivity contribution in [2.45, 2.75) is 32.2 Å². The lowest BCUT2D eigenvalue weighted by Gasteiger charge is -2.06. The van der Waals surface area contributed by atoms with Crippen molar-refractivity contribution in [3.05, 3.63) is 58.4 Å². The van der Waals surface area contributed by atoms with Crippen molar-refractivity contribution >= 4 is 37.5 Å². The summed E-state index contributed by atoms with van der Waals surface area (Å²) in [5.74, 6) is -0.435. The zero-order chi connectivity index (χ0) is 19.6. The number of carbonyl (C=O) groups excluding carboxylic acids is 1. The average molecular weight is 405 g/mol. The summed E-state index contributed by atoms with van der Waals surface area (Å²) in [5.41, 5.74) is 2.80. The second-order valence-electron chi connectivity index (χ2n) is 6.09. The lowest BCUT2D eigenvalue weighted by atomic mass is 10.1. The quantitative estimate of drug-likeness (QED) is 0.612. The average Bonchev–Trinajstić information content (AvgIpc) is 2.93. The minimum Gasteiger partial charge on any atom is -0.465 e. The Hall–Kier alpha value is -2.45. The first-order chi connectivity index (χ1) is 12.8. The Kier molecular flexibility index (Phi) is 5.48. The van der Waals surface area contributed by atoms with E-state index in [2.05, 4.69) is 4.40 Å². The molecule has 2 aromatic carbocycles. The molecule has 0 atom stereocenters. The Balaban J connectivity index is 2.25. The maximum absolute atomic E-state index is 12.7. The predicted octanol–water partition coefficient (Wildman–Crippen LogP) is 3.17. The van der Waals surface area contributed by atoms with Gasteiger partial charge < -0.3 is 9.30 Å². The molecule has 3 aromatic rings. The standard InChI is InChI=1S/C19H20N2O4S2/c1-4-25-17(22)12-21-16-11-13(2)10-14(3)18(16)26-19(21)20-27(23,24)15-8-6-5-7-9-15/h5-11H,4,12H2,1-3H3/b20-19-. The second-order valence-corrected chi connectivity index (χ2v) is 8.67. The van der Waals surface area contributed by atoms with Gasteiger partial charge in [0.25, 0.3) is 10.0 Å². The van der Waals surface area contributed by atoms with Gasteiger partial charge in [0.1, 0.15) is 6.54 Å². The lowest BCUT2D eigenvalue weighted by Crippen LogP contribution is -2.23. The molecule has 0 N–H and O–H groups in total. The van der Waals surface area contributed by atoms with E-state index in [0.717, 1.165) is 21.3 Å². The van der Waals surface area contributed by atoms with Gasteiger partial charge in [0.15, 0.2) is 0 Å². The molecule has 0 saturated heterocycles. The molecule has 3 rings (SSSR count). The summed E-state index contributed by atoms with van der Waals surface area (Å²) in [7, 11) is -3.89. The Bertz CT molecular complexity index is 1160. The van der Waals surface area contributed by atoms with Gasteiger partial charge >= 0.3 is 5.97 Å². The van der Waals surface area contributed by atoms with E-state index < -0.39 is 16.0 Å². The maximum atomic E-state index is 12.7. The Morgan fingerprint density at radius 2 is 1.89 bits per heavy atom. The SMILES string of the molecule is CCOC(=O)Cn1/c(=N/S(=O)(=O)c2ccccc2)sc2c(C)cc(C)cc21. The zero-order valence-electron chi connectivity index (χ0n) is 15.3. The topological polar surface area (TPSA) is 77.7 Å². The highest BCUT2D eigenvalue weighted by molar-refractivity contribution is 7.90. The summed E-state index contributed by atoms with van der Waals surface area (Å²) >= 11 is 1.25. The summed E-state index contributed by atoms with van der Waals surface area (Å²) < 4.78 is 37.0. The molecule has 1 aromatic heterocycles. The molecular weight excluding hydrogens is 384 g/mol. The number of esters is 1. The van der Waals surface area contributed by atoms with Crippen LogP contribution in [0.4, 0.5) is 0 Å². The third-order valence-electron chi connectivity index (χ3n) is 3.95. The van der Waals surface area contributed by atoms with Crippen LogP contribution in [0.3, 0.4) is 0 Å². The fourth-order valence-corrected chi connectivity index (χ4v) is 5.12. The number of hydrogen-bond donors (Lipinski definition) is 0. The smallest absolute Gasteiger partial charge is 0.326 e. The summed E-state index contributed by atoms with van der Waals surface area (Å²) in [6, 6.07) is 12.0. The fraction of sp³-hybridized carbons (Fsp3) is 0.263. The van der Waals surface area contributed by atoms with Crippen LogP contribution in [0.15, 0.2) is 51.8 Å². The van der Waals surface area contributed by atoms with Crippen LogP contribution < -0.4 is 4.80 Å². The molecule has 0 saturated carbocycles. The number of rotatable bonds is 5. The summed E-state index contributed by atoms with van der Waals surface area (Å²) in [4.78, 5) is 12.4. The van der Waals surface area contributed by atoms with Crippen molar-refractivity contribution in [3.8, 4) is 0 Å². The van der Waals surface area contributed by atoms with Crippen LogP contribution in [0.25, 0.3) is 10.2 Å². The number of ether oxygens (including phenoxy) is 1. The summed E-state index contributed by atoms with van der Waals surface area (Å²) in [6.07, 6.45) is 0. The minimum atomic E-state index is -3.89. The highest BCUT2D eigenvalue weighted by Crippen LogP contribution is 2.24. The number of sulfonamides is 1. The van der Waals surface area contributed by atoms with Crippen molar-refractivity contribution in [2.24, 2.45) is 4.40 Å². The highest BCUT2D eigenvalue weighted by Gasteiger charge is 2.17. The Morgan fingerprint density at radius 1 is 1.19 bits per heavy atom. The molecule has 0 aliphatic rings. The molecule has 0 aliphatic heterocycles. The summed E-state index contributed by atoms with van der Waals surface area (Å²) in [5, 5.41) is 0. The first-order valence-electron chi connectivity index (χ1n) is 8.44. The van der Waals surface area contributed by atoms with E-state index in [4.69, 9.17) is 4.74 Å². The first kappa shape index (κ1) is 19.3. The maximum Gasteiger partial charge on any atom is 0.326 e. The van der Waals surface area contributed by atoms with Gasteiger partial charge in [0, 0.05) is 0 Å². The van der Waals surface area contributed by atoms with Gasteiger partial charge in [-0.2, -0.15) is 8.42 Å². The lowest BCUT2D eigenvalue weighted by molar-refractivity contribution is -0.143. The van der Waals surface area contributed by atoms with E-state index in [-0.39, 0.29) is 22.8 Å². The van der Waals surface area contributed by atoms with Crippen molar-refractivity contribution in [2.75, 3.05) is 6.61 Å². The van der Waals surface area contributed by atoms with Crippen molar-refractivity contribution in [1.82, 2.24) is 4.57 Å². The fourth-order valence-electron chi connectivity index (χ4n) is 2.82. The van der Waals surface area contributed by atoms with Crippen LogP contribution in [0.2, 0.25) is 0 Å². The van der Waals surface area contributed by atoms with Crippen LogP contribution in [-0.4, -0.2) is 25.6 Å². The largest absolute Gasteiger partial charge is 0.465 e. The number of hydrogen-bond acceptors (Lipinski definition) is 5. The molecule has 0 amide bonds. The third-order valence-corrected chi connectivity index (χ3v) is 6.57. The molecule has 0 unspecified atom stereocenters. The van der Waals surface area contributed by atoms with E-state index in [1.807, 2.05) is 26.0 Å². The van der Waals surface area contributed by atoms with Crippen LogP contribution in [0, 0.1) is 13.8 Å². The molecule has 6 nitrogen and oxygen atoms in total. The number of fused-ring (bicyclic) bond motifs is 1. The van der Waals surface area contributed by atoms with Crippen LogP contribution >= 0.6 is 11.3 Å². The second kappa shape index (κ2) is 7.66. The third kappa shape index (κ3) is 4.12. The van der Waals surface area contributed by atoms with Crippen LogP contribution in [0.5, 0.6) is 0 Å². The van der Waals surface area contributed by atoms with E-state index in [0.29, 0.717) is 0 Å². The van der Waals surface area contributed by atoms with Gasteiger partial charge in [-0.25, -0.2) is 0 Å². The van der Waals surface area contributed by atoms with Gasteiger partial charge in [-0.05, 0) is 50.1 Å². The molecular formula is C19H20N2O4S2. The van der Waals surface area contributed by atoms with Gasteiger partial charge in [-0.1, -0.05) is 35.6 Å². The molecule has 1 heterocycles. The number of carbonyl (C=O) groups is 1. The van der Waals surface area contributed by atoms with E-state index in [9.17, 15) is 13.2 Å². The first-order valence-corrected chi connectivity index (χ1v) is 10.7. The van der Waals surface area contributed by atoms with Crippen LogP contribution in [0.1, 0.15) is 18.1 Å². The molecule has 0 aliphatic carbocycles. The van der Waals surface area contributed by atoms with E-state index in [1.54, 1.807) is 29.7 Å². The molecule has 0 fully saturated rings. The normalized spacial score (nSPS) is 12.5. The molecule has 0 spiro atoms.